The largest absolute Gasteiger partial charge is 0.481 e. The number of hydroxylamine groups is 2. The SMILES string of the molecule is CC.CCC.CCCCN(C)C(C)(C)CC(=O)N(O)CCC(=O)O. The Morgan fingerprint density at radius 1 is 1.04 bits per heavy atom. The molecule has 0 spiro atoms. The van der Waals surface area contributed by atoms with Gasteiger partial charge in [-0.05, 0) is 33.9 Å². The first-order valence-electron chi connectivity index (χ1n) is 9.04. The first kappa shape index (κ1) is 27.7. The van der Waals surface area contributed by atoms with Crippen LogP contribution in [0.15, 0.2) is 0 Å². The van der Waals surface area contributed by atoms with Gasteiger partial charge in [0, 0.05) is 12.0 Å². The second-order valence-electron chi connectivity index (χ2n) is 6.13. The number of unbranched alkanes of at least 4 members (excludes halogenated alkanes) is 1. The molecule has 0 radical (unpaired) electrons. The lowest BCUT2D eigenvalue weighted by atomic mass is 9.97. The first-order valence-corrected chi connectivity index (χ1v) is 9.04. The van der Waals surface area contributed by atoms with Gasteiger partial charge in [-0.25, -0.2) is 5.06 Å². The normalized spacial score (nSPS) is 10.2. The summed E-state index contributed by atoms with van der Waals surface area (Å²) < 4.78 is 0. The predicted octanol–water partition coefficient (Wildman–Crippen LogP) is 4.02. The van der Waals surface area contributed by atoms with Crippen LogP contribution in [0.5, 0.6) is 0 Å². The molecule has 0 aromatic rings. The summed E-state index contributed by atoms with van der Waals surface area (Å²) in [6.07, 6.45) is 3.28. The van der Waals surface area contributed by atoms with Crippen LogP contribution < -0.4 is 0 Å². The zero-order chi connectivity index (χ0) is 19.8. The van der Waals surface area contributed by atoms with Crippen molar-refractivity contribution in [3.05, 3.63) is 0 Å². The summed E-state index contributed by atoms with van der Waals surface area (Å²) >= 11 is 0. The number of amides is 1. The maximum absolute atomic E-state index is 11.8. The van der Waals surface area contributed by atoms with Crippen LogP contribution in [0.1, 0.15) is 80.6 Å². The Bertz CT molecular complexity index is 320. The van der Waals surface area contributed by atoms with Crippen LogP contribution >= 0.6 is 0 Å². The van der Waals surface area contributed by atoms with Gasteiger partial charge in [0.15, 0.2) is 0 Å². The Labute approximate surface area is 148 Å². The summed E-state index contributed by atoms with van der Waals surface area (Å²) in [5.41, 5.74) is -0.365. The van der Waals surface area contributed by atoms with Crippen molar-refractivity contribution < 1.29 is 19.9 Å². The van der Waals surface area contributed by atoms with Gasteiger partial charge in [0.25, 0.3) is 0 Å². The highest BCUT2D eigenvalue weighted by Gasteiger charge is 2.28. The summed E-state index contributed by atoms with van der Waals surface area (Å²) in [5.74, 6) is -1.49. The van der Waals surface area contributed by atoms with Crippen LogP contribution in [-0.4, -0.2) is 57.8 Å². The predicted molar refractivity (Wildman–Crippen MR) is 99.3 cm³/mol. The lowest BCUT2D eigenvalue weighted by Crippen LogP contribution is -2.46. The van der Waals surface area contributed by atoms with E-state index in [-0.39, 0.29) is 24.9 Å². The van der Waals surface area contributed by atoms with Crippen molar-refractivity contribution >= 4 is 11.9 Å². The summed E-state index contributed by atoms with van der Waals surface area (Å²) in [5, 5.41) is 18.5. The molecule has 0 heterocycles. The van der Waals surface area contributed by atoms with E-state index in [1.807, 2.05) is 34.7 Å². The van der Waals surface area contributed by atoms with E-state index in [9.17, 15) is 14.8 Å². The van der Waals surface area contributed by atoms with E-state index in [1.165, 1.54) is 6.42 Å². The van der Waals surface area contributed by atoms with Crippen LogP contribution in [0.25, 0.3) is 0 Å². The molecule has 24 heavy (non-hydrogen) atoms. The minimum absolute atomic E-state index is 0.156. The Morgan fingerprint density at radius 3 is 1.88 bits per heavy atom. The highest BCUT2D eigenvalue weighted by molar-refractivity contribution is 5.76. The van der Waals surface area contributed by atoms with E-state index >= 15 is 0 Å². The number of aliphatic carboxylic acids is 1. The number of nitrogens with zero attached hydrogens (tertiary/aromatic N) is 2. The van der Waals surface area contributed by atoms with Gasteiger partial charge in [-0.2, -0.15) is 0 Å². The quantitative estimate of drug-likeness (QED) is 0.486. The van der Waals surface area contributed by atoms with E-state index in [0.29, 0.717) is 5.06 Å². The van der Waals surface area contributed by atoms with Crippen molar-refractivity contribution in [2.75, 3.05) is 20.1 Å². The first-order chi connectivity index (χ1) is 11.1. The number of rotatable bonds is 9. The third kappa shape index (κ3) is 15.7. The van der Waals surface area contributed by atoms with Gasteiger partial charge < -0.3 is 10.0 Å². The van der Waals surface area contributed by atoms with Crippen LogP contribution in [-0.2, 0) is 9.59 Å². The lowest BCUT2D eigenvalue weighted by molar-refractivity contribution is -0.169. The van der Waals surface area contributed by atoms with Gasteiger partial charge in [-0.1, -0.05) is 47.5 Å². The van der Waals surface area contributed by atoms with Crippen molar-refractivity contribution in [3.63, 3.8) is 0 Å². The van der Waals surface area contributed by atoms with Gasteiger partial charge in [-0.3, -0.25) is 14.8 Å². The standard InChI is InChI=1S/C13H26N2O4.C3H8.C2H6/c1-5-6-8-14(4)13(2,3)10-11(16)15(19)9-7-12(17)18;1-3-2;1-2/h19H,5-10H2,1-4H3,(H,17,18);3H2,1-2H3;1-2H3. The number of hydrogen-bond donors (Lipinski definition) is 2. The fraction of sp³-hybridized carbons (Fsp3) is 0.889. The third-order valence-corrected chi connectivity index (χ3v) is 3.29. The van der Waals surface area contributed by atoms with Crippen LogP contribution in [0.2, 0.25) is 0 Å². The van der Waals surface area contributed by atoms with E-state index < -0.39 is 11.9 Å². The highest BCUT2D eigenvalue weighted by atomic mass is 16.5. The highest BCUT2D eigenvalue weighted by Crippen LogP contribution is 2.18. The van der Waals surface area contributed by atoms with Gasteiger partial charge in [0.05, 0.1) is 13.0 Å². The zero-order valence-electron chi connectivity index (χ0n) is 17.1. The fourth-order valence-electron chi connectivity index (χ4n) is 1.62. The summed E-state index contributed by atoms with van der Waals surface area (Å²) in [6, 6.07) is 0. The maximum Gasteiger partial charge on any atom is 0.305 e. The Morgan fingerprint density at radius 2 is 1.50 bits per heavy atom. The van der Waals surface area contributed by atoms with E-state index in [1.54, 1.807) is 0 Å². The van der Waals surface area contributed by atoms with Gasteiger partial charge in [0.2, 0.25) is 5.91 Å². The molecule has 0 fully saturated rings. The molecule has 6 nitrogen and oxygen atoms in total. The molecule has 2 N–H and O–H groups in total. The van der Waals surface area contributed by atoms with Gasteiger partial charge >= 0.3 is 5.97 Å². The molecule has 0 saturated heterocycles. The summed E-state index contributed by atoms with van der Waals surface area (Å²) in [7, 11) is 1.95. The second-order valence-corrected chi connectivity index (χ2v) is 6.13. The van der Waals surface area contributed by atoms with Crippen LogP contribution in [0.3, 0.4) is 0 Å². The topological polar surface area (TPSA) is 81.1 Å². The molecule has 1 amide bonds. The molecule has 0 unspecified atom stereocenters. The van der Waals surface area contributed by atoms with Gasteiger partial charge in [0.1, 0.15) is 0 Å². The number of carbonyl (C=O) groups excluding carboxylic acids is 1. The maximum atomic E-state index is 11.8. The third-order valence-electron chi connectivity index (χ3n) is 3.29. The molecular formula is C18H40N2O4. The molecule has 0 aromatic carbocycles. The minimum Gasteiger partial charge on any atom is -0.481 e. The van der Waals surface area contributed by atoms with Crippen molar-refractivity contribution in [2.24, 2.45) is 0 Å². The fourth-order valence-corrected chi connectivity index (χ4v) is 1.62. The Balaban J connectivity index is -0.000000786. The molecule has 0 saturated carbocycles. The molecule has 6 heteroatoms. The van der Waals surface area contributed by atoms with Gasteiger partial charge in [-0.15, -0.1) is 0 Å². The van der Waals surface area contributed by atoms with Crippen LogP contribution in [0.4, 0.5) is 0 Å². The molecule has 0 aliphatic rings. The molecule has 0 aliphatic carbocycles. The smallest absolute Gasteiger partial charge is 0.305 e. The average Bonchev–Trinajstić information content (AvgIpc) is 2.52. The molecule has 0 aliphatic heterocycles. The molecular weight excluding hydrogens is 308 g/mol. The molecule has 0 atom stereocenters. The summed E-state index contributed by atoms with van der Waals surface area (Å²) in [6.45, 7) is 14.9. The van der Waals surface area contributed by atoms with Crippen molar-refractivity contribution in [1.82, 2.24) is 9.96 Å². The monoisotopic (exact) mass is 348 g/mol. The molecule has 146 valence electrons. The Hall–Kier alpha value is -1.14. The van der Waals surface area contributed by atoms with Crippen LogP contribution in [0, 0.1) is 0 Å². The lowest BCUT2D eigenvalue weighted by Gasteiger charge is -2.35. The zero-order valence-corrected chi connectivity index (χ0v) is 17.1. The second kappa shape index (κ2) is 16.7. The number of hydrogen-bond acceptors (Lipinski definition) is 4. The molecule has 0 rings (SSSR count). The number of carboxylic acid groups (broad SMARTS) is 1. The summed E-state index contributed by atoms with van der Waals surface area (Å²) in [4.78, 5) is 24.3. The van der Waals surface area contributed by atoms with E-state index in [2.05, 4.69) is 25.7 Å². The molecule has 0 bridgehead atoms. The number of carbonyl (C=O) groups is 2. The van der Waals surface area contributed by atoms with E-state index in [4.69, 9.17) is 5.11 Å². The Kier molecular flexibility index (Phi) is 19.3. The van der Waals surface area contributed by atoms with Crippen molar-refractivity contribution in [1.29, 1.82) is 0 Å². The average molecular weight is 349 g/mol. The van der Waals surface area contributed by atoms with Crippen molar-refractivity contribution in [2.45, 2.75) is 86.1 Å². The minimum atomic E-state index is -1.04. The number of carboxylic acids is 1. The van der Waals surface area contributed by atoms with Crippen molar-refractivity contribution in [3.8, 4) is 0 Å². The van der Waals surface area contributed by atoms with E-state index in [0.717, 1.165) is 19.4 Å². The molecule has 0 aromatic heterocycles.